The Morgan fingerprint density at radius 3 is 2.27 bits per heavy atom. The highest BCUT2D eigenvalue weighted by Gasteiger charge is 2.31. The predicted octanol–water partition coefficient (Wildman–Crippen LogP) is 5.79. The number of ether oxygens (including phenoxy) is 5. The van der Waals surface area contributed by atoms with Gasteiger partial charge in [-0.2, -0.15) is 0 Å². The first-order chi connectivity index (χ1) is 17.5. The van der Waals surface area contributed by atoms with E-state index >= 15 is 0 Å². The Bertz CT molecular complexity index is 1330. The number of hydrogen-bond donors (Lipinski definition) is 1. The van der Waals surface area contributed by atoms with Crippen LogP contribution in [-0.4, -0.2) is 44.6 Å². The van der Waals surface area contributed by atoms with Crippen LogP contribution in [-0.2, 0) is 4.74 Å². The number of benzene rings is 2. The molecule has 13 heteroatoms. The Hall–Kier alpha value is -4.19. The number of halogens is 4. The molecule has 0 saturated heterocycles. The lowest BCUT2D eigenvalue weighted by atomic mass is 10.1. The van der Waals surface area contributed by atoms with Gasteiger partial charge >= 0.3 is 12.3 Å². The molecule has 0 aliphatic heterocycles. The summed E-state index contributed by atoms with van der Waals surface area (Å²) in [6, 6.07) is 7.30. The summed E-state index contributed by atoms with van der Waals surface area (Å²) in [5.74, 6) is -1.91. The van der Waals surface area contributed by atoms with Crippen LogP contribution in [0.4, 0.5) is 18.9 Å². The molecular weight excluding hydrogens is 521 g/mol. The van der Waals surface area contributed by atoms with Crippen LogP contribution in [0.1, 0.15) is 26.4 Å². The zero-order valence-electron chi connectivity index (χ0n) is 19.9. The molecule has 0 saturated carbocycles. The number of pyridine rings is 1. The van der Waals surface area contributed by atoms with E-state index in [-0.39, 0.29) is 45.0 Å². The number of alkyl halides is 3. The number of carbonyl (C=O) groups is 2. The topological polar surface area (TPSA) is 105 Å². The van der Waals surface area contributed by atoms with Crippen molar-refractivity contribution in [2.75, 3.05) is 26.6 Å². The normalized spacial score (nSPS) is 10.9. The minimum atomic E-state index is -4.91. The number of carbonyl (C=O) groups excluding carboxylic acids is 2. The molecule has 3 aromatic rings. The van der Waals surface area contributed by atoms with Gasteiger partial charge in [0.05, 0.1) is 26.4 Å². The van der Waals surface area contributed by atoms with Crippen molar-refractivity contribution in [2.24, 2.45) is 0 Å². The second kappa shape index (κ2) is 11.2. The summed E-state index contributed by atoms with van der Waals surface area (Å²) in [6.45, 7) is 1.62. The fraction of sp³-hybridized carbons (Fsp3) is 0.208. The number of nitrogens with one attached hydrogen (secondary N) is 1. The maximum Gasteiger partial charge on any atom is 0.573 e. The smallest absolute Gasteiger partial charge is 0.496 e. The zero-order chi connectivity index (χ0) is 27.3. The number of hydrogen-bond acceptors (Lipinski definition) is 8. The first-order valence-corrected chi connectivity index (χ1v) is 10.7. The molecule has 3 rings (SSSR count). The summed E-state index contributed by atoms with van der Waals surface area (Å²) < 4.78 is 62.7. The van der Waals surface area contributed by atoms with Crippen LogP contribution in [0.3, 0.4) is 0 Å². The van der Waals surface area contributed by atoms with Gasteiger partial charge in [0.25, 0.3) is 5.91 Å². The highest BCUT2D eigenvalue weighted by Crippen LogP contribution is 2.42. The van der Waals surface area contributed by atoms with E-state index < -0.39 is 24.0 Å². The van der Waals surface area contributed by atoms with E-state index in [2.05, 4.69) is 19.8 Å². The van der Waals surface area contributed by atoms with E-state index in [0.717, 1.165) is 12.1 Å². The number of nitrogens with zero attached hydrogens (tertiary/aromatic N) is 1. The highest BCUT2D eigenvalue weighted by molar-refractivity contribution is 6.36. The third kappa shape index (κ3) is 6.53. The number of anilines is 1. The van der Waals surface area contributed by atoms with Crippen molar-refractivity contribution < 1.29 is 46.4 Å². The molecule has 1 aromatic heterocycles. The van der Waals surface area contributed by atoms with E-state index in [9.17, 15) is 22.8 Å². The van der Waals surface area contributed by atoms with Crippen molar-refractivity contribution in [1.29, 1.82) is 0 Å². The minimum absolute atomic E-state index is 0.00918. The molecule has 0 spiro atoms. The van der Waals surface area contributed by atoms with Gasteiger partial charge in [0.2, 0.25) is 0 Å². The molecule has 1 N–H and O–H groups in total. The zero-order valence-corrected chi connectivity index (χ0v) is 20.6. The van der Waals surface area contributed by atoms with Gasteiger partial charge in [-0.05, 0) is 31.2 Å². The number of methoxy groups -OCH3 is 3. The molecule has 0 aliphatic rings. The Balaban J connectivity index is 2.02. The van der Waals surface area contributed by atoms with Crippen LogP contribution < -0.4 is 24.3 Å². The fourth-order valence-electron chi connectivity index (χ4n) is 3.17. The van der Waals surface area contributed by atoms with Crippen molar-refractivity contribution in [3.8, 4) is 28.7 Å². The maximum absolute atomic E-state index is 13.3. The van der Waals surface area contributed by atoms with Gasteiger partial charge in [0.1, 0.15) is 28.5 Å². The predicted molar refractivity (Wildman–Crippen MR) is 126 cm³/mol. The molecule has 0 bridgehead atoms. The summed E-state index contributed by atoms with van der Waals surface area (Å²) in [4.78, 5) is 28.9. The minimum Gasteiger partial charge on any atom is -0.496 e. The number of esters is 1. The number of aromatic nitrogens is 1. The van der Waals surface area contributed by atoms with Crippen molar-refractivity contribution in [3.63, 3.8) is 0 Å². The third-order valence-corrected chi connectivity index (χ3v) is 5.35. The summed E-state index contributed by atoms with van der Waals surface area (Å²) >= 11 is 6.50. The molecule has 196 valence electrons. The van der Waals surface area contributed by atoms with Crippen LogP contribution in [0.15, 0.2) is 42.6 Å². The number of rotatable bonds is 8. The standard InChI is InChI=1S/C24H20ClF3N2O7/c1-12-17(33-2)11-19(36-16-6-5-14(10-18(16)34-3)37-24(26,27)28)20(21(12)25)22(31)30-13-7-8-29-15(9-13)23(32)35-4/h5-11H,1-4H3,(H,29,30,31). The molecule has 2 aromatic carbocycles. The average Bonchev–Trinajstić information content (AvgIpc) is 2.85. The van der Waals surface area contributed by atoms with Crippen molar-refractivity contribution in [1.82, 2.24) is 4.98 Å². The monoisotopic (exact) mass is 540 g/mol. The first-order valence-electron chi connectivity index (χ1n) is 10.3. The van der Waals surface area contributed by atoms with Crippen molar-refractivity contribution >= 4 is 29.2 Å². The van der Waals surface area contributed by atoms with E-state index in [1.807, 2.05) is 0 Å². The van der Waals surface area contributed by atoms with Crippen LogP contribution in [0.25, 0.3) is 0 Å². The molecule has 0 unspecified atom stereocenters. The molecule has 0 aliphatic carbocycles. The number of amides is 1. The van der Waals surface area contributed by atoms with E-state index in [0.29, 0.717) is 5.56 Å². The van der Waals surface area contributed by atoms with E-state index in [1.165, 1.54) is 51.8 Å². The quantitative estimate of drug-likeness (QED) is 0.358. The first kappa shape index (κ1) is 27.4. The van der Waals surface area contributed by atoms with E-state index in [1.54, 1.807) is 6.92 Å². The SMILES string of the molecule is COC(=O)c1cc(NC(=O)c2c(Oc3ccc(OC(F)(F)F)cc3OC)cc(OC)c(C)c2Cl)ccn1. The third-order valence-electron chi connectivity index (χ3n) is 4.87. The van der Waals surface area contributed by atoms with Gasteiger partial charge in [-0.15, -0.1) is 13.2 Å². The van der Waals surface area contributed by atoms with Gasteiger partial charge in [-0.3, -0.25) is 4.79 Å². The largest absolute Gasteiger partial charge is 0.573 e. The molecule has 1 amide bonds. The van der Waals surface area contributed by atoms with Crippen molar-refractivity contribution in [2.45, 2.75) is 13.3 Å². The average molecular weight is 541 g/mol. The molecular formula is C24H20ClF3N2O7. The summed E-state index contributed by atoms with van der Waals surface area (Å²) in [5.41, 5.74) is 0.475. The van der Waals surface area contributed by atoms with Gasteiger partial charge < -0.3 is 29.0 Å². The Morgan fingerprint density at radius 2 is 1.65 bits per heavy atom. The Morgan fingerprint density at radius 1 is 0.946 bits per heavy atom. The lowest BCUT2D eigenvalue weighted by Gasteiger charge is -2.18. The molecule has 0 atom stereocenters. The highest BCUT2D eigenvalue weighted by atomic mass is 35.5. The fourth-order valence-corrected chi connectivity index (χ4v) is 3.45. The van der Waals surface area contributed by atoms with E-state index in [4.69, 9.17) is 25.8 Å². The molecule has 9 nitrogen and oxygen atoms in total. The lowest BCUT2D eigenvalue weighted by Crippen LogP contribution is -2.17. The maximum atomic E-state index is 13.3. The Labute approximate surface area is 214 Å². The second-order valence-electron chi connectivity index (χ2n) is 7.23. The van der Waals surface area contributed by atoms with Crippen LogP contribution in [0.5, 0.6) is 28.7 Å². The van der Waals surface area contributed by atoms with Gasteiger partial charge in [-0.1, -0.05) is 11.6 Å². The van der Waals surface area contributed by atoms with Crippen molar-refractivity contribution in [3.05, 3.63) is 64.4 Å². The molecule has 1 heterocycles. The van der Waals surface area contributed by atoms with Gasteiger partial charge in [0, 0.05) is 29.6 Å². The van der Waals surface area contributed by atoms with Gasteiger partial charge in [-0.25, -0.2) is 9.78 Å². The Kier molecular flexibility index (Phi) is 8.33. The molecule has 37 heavy (non-hydrogen) atoms. The summed E-state index contributed by atoms with van der Waals surface area (Å²) in [6.07, 6.45) is -3.60. The molecule has 0 fully saturated rings. The second-order valence-corrected chi connectivity index (χ2v) is 7.61. The van der Waals surface area contributed by atoms with Gasteiger partial charge in [0.15, 0.2) is 11.5 Å². The molecule has 0 radical (unpaired) electrons. The van der Waals surface area contributed by atoms with Crippen LogP contribution >= 0.6 is 11.6 Å². The summed E-state index contributed by atoms with van der Waals surface area (Å²) in [7, 11) is 3.80. The van der Waals surface area contributed by atoms with Crippen LogP contribution in [0.2, 0.25) is 5.02 Å². The van der Waals surface area contributed by atoms with Crippen LogP contribution in [0, 0.1) is 6.92 Å². The summed E-state index contributed by atoms with van der Waals surface area (Å²) in [5, 5.41) is 2.60. The lowest BCUT2D eigenvalue weighted by molar-refractivity contribution is -0.274.